The second-order valence-electron chi connectivity index (χ2n) is 3.79. The van der Waals surface area contributed by atoms with Gasteiger partial charge < -0.3 is 0 Å². The predicted molar refractivity (Wildman–Crippen MR) is 58.7 cm³/mol. The molecule has 0 amide bonds. The third kappa shape index (κ3) is 2.24. The number of hydrogen-bond acceptors (Lipinski definition) is 2. The highest BCUT2D eigenvalue weighted by molar-refractivity contribution is 5.31. The molecule has 0 saturated heterocycles. The molecule has 0 saturated carbocycles. The molecule has 0 aromatic rings. The molecule has 0 fully saturated rings. The van der Waals surface area contributed by atoms with Gasteiger partial charge in [-0.05, 0) is 19.0 Å². The summed E-state index contributed by atoms with van der Waals surface area (Å²) >= 11 is 0. The minimum atomic E-state index is -0.482. The molecule has 1 N–H and O–H groups in total. The monoisotopic (exact) mass is 190 g/mol. The van der Waals surface area contributed by atoms with Gasteiger partial charge in [0.15, 0.2) is 0 Å². The maximum absolute atomic E-state index is 9.21. The van der Waals surface area contributed by atoms with Crippen LogP contribution in [0.15, 0.2) is 24.3 Å². The molecule has 0 aromatic heterocycles. The highest BCUT2D eigenvalue weighted by Gasteiger charge is 2.32. The van der Waals surface area contributed by atoms with Gasteiger partial charge in [-0.15, -0.1) is 0 Å². The van der Waals surface area contributed by atoms with E-state index in [1.165, 1.54) is 0 Å². The summed E-state index contributed by atoms with van der Waals surface area (Å²) in [5.74, 6) is 0.245. The van der Waals surface area contributed by atoms with Crippen LogP contribution in [0.5, 0.6) is 0 Å². The minimum absolute atomic E-state index is 0.245. The third-order valence-corrected chi connectivity index (χ3v) is 2.72. The zero-order chi connectivity index (χ0) is 10.4. The summed E-state index contributed by atoms with van der Waals surface area (Å²) in [7, 11) is 0. The van der Waals surface area contributed by atoms with E-state index in [9.17, 15) is 5.26 Å². The molecule has 0 bridgehead atoms. The first-order valence-corrected chi connectivity index (χ1v) is 5.27. The average molecular weight is 190 g/mol. The van der Waals surface area contributed by atoms with Crippen molar-refractivity contribution in [3.8, 4) is 6.07 Å². The van der Waals surface area contributed by atoms with Crippen LogP contribution < -0.4 is 5.32 Å². The lowest BCUT2D eigenvalue weighted by Crippen LogP contribution is -2.48. The van der Waals surface area contributed by atoms with Gasteiger partial charge in [-0.3, -0.25) is 5.32 Å². The number of nitrogens with one attached hydrogen (secondary N) is 1. The first-order chi connectivity index (χ1) is 6.75. The van der Waals surface area contributed by atoms with Gasteiger partial charge in [-0.25, -0.2) is 0 Å². The number of hydrogen-bond donors (Lipinski definition) is 1. The summed E-state index contributed by atoms with van der Waals surface area (Å²) in [5, 5.41) is 12.5. The Balaban J connectivity index is 2.63. The fourth-order valence-electron chi connectivity index (χ4n) is 1.61. The highest BCUT2D eigenvalue weighted by atomic mass is 15.0. The Morgan fingerprint density at radius 3 is 2.86 bits per heavy atom. The lowest BCUT2D eigenvalue weighted by atomic mass is 9.83. The first kappa shape index (κ1) is 11.0. The van der Waals surface area contributed by atoms with Gasteiger partial charge >= 0.3 is 0 Å². The Hall–Kier alpha value is -1.07. The van der Waals surface area contributed by atoms with Crippen molar-refractivity contribution >= 4 is 0 Å². The molecule has 2 heteroatoms. The van der Waals surface area contributed by atoms with Crippen LogP contribution in [0.2, 0.25) is 0 Å². The molecule has 76 valence electrons. The van der Waals surface area contributed by atoms with E-state index in [4.69, 9.17) is 0 Å². The van der Waals surface area contributed by atoms with Gasteiger partial charge in [0.05, 0.1) is 6.07 Å². The largest absolute Gasteiger partial charge is 0.296 e. The van der Waals surface area contributed by atoms with E-state index in [0.717, 1.165) is 19.4 Å². The fraction of sp³-hybridized carbons (Fsp3) is 0.583. The van der Waals surface area contributed by atoms with Gasteiger partial charge in [-0.1, -0.05) is 38.5 Å². The quantitative estimate of drug-likeness (QED) is 0.691. The Morgan fingerprint density at radius 2 is 2.29 bits per heavy atom. The van der Waals surface area contributed by atoms with E-state index in [1.807, 2.05) is 18.2 Å². The molecule has 0 aliphatic heterocycles. The average Bonchev–Trinajstić information content (AvgIpc) is 2.21. The van der Waals surface area contributed by atoms with Crippen LogP contribution in [0.25, 0.3) is 0 Å². The Bertz CT molecular complexity index is 273. The Morgan fingerprint density at radius 1 is 1.50 bits per heavy atom. The molecular formula is C12H18N2. The van der Waals surface area contributed by atoms with Crippen molar-refractivity contribution in [1.29, 1.82) is 5.26 Å². The lowest BCUT2D eigenvalue weighted by Gasteiger charge is -2.31. The van der Waals surface area contributed by atoms with Crippen LogP contribution in [-0.4, -0.2) is 12.1 Å². The maximum Gasteiger partial charge on any atom is 0.131 e. The van der Waals surface area contributed by atoms with Crippen molar-refractivity contribution in [2.75, 3.05) is 6.54 Å². The number of rotatable bonds is 4. The van der Waals surface area contributed by atoms with Crippen LogP contribution in [0, 0.1) is 17.2 Å². The predicted octanol–water partition coefficient (Wildman–Crippen LogP) is 2.40. The number of nitriles is 1. The van der Waals surface area contributed by atoms with E-state index in [2.05, 4.69) is 31.3 Å². The zero-order valence-electron chi connectivity index (χ0n) is 8.96. The van der Waals surface area contributed by atoms with Crippen molar-refractivity contribution in [3.05, 3.63) is 24.3 Å². The van der Waals surface area contributed by atoms with Crippen LogP contribution in [0.4, 0.5) is 0 Å². The maximum atomic E-state index is 9.21. The first-order valence-electron chi connectivity index (χ1n) is 5.27. The molecule has 1 aliphatic rings. The number of nitrogens with zero attached hydrogens (tertiary/aromatic N) is 1. The number of unbranched alkanes of at least 4 members (excludes halogenated alkanes) is 1. The van der Waals surface area contributed by atoms with Crippen molar-refractivity contribution < 1.29 is 0 Å². The summed E-state index contributed by atoms with van der Waals surface area (Å²) in [6, 6.07) is 2.38. The van der Waals surface area contributed by atoms with E-state index in [-0.39, 0.29) is 5.92 Å². The van der Waals surface area contributed by atoms with Crippen molar-refractivity contribution in [2.45, 2.75) is 32.2 Å². The summed E-state index contributed by atoms with van der Waals surface area (Å²) in [5.41, 5.74) is -0.482. The summed E-state index contributed by atoms with van der Waals surface area (Å²) in [6.45, 7) is 5.13. The van der Waals surface area contributed by atoms with Gasteiger partial charge in [-0.2, -0.15) is 5.26 Å². The molecule has 1 rings (SSSR count). The highest BCUT2D eigenvalue weighted by Crippen LogP contribution is 2.23. The molecule has 0 spiro atoms. The second kappa shape index (κ2) is 4.97. The summed E-state index contributed by atoms with van der Waals surface area (Å²) in [4.78, 5) is 0. The smallest absolute Gasteiger partial charge is 0.131 e. The summed E-state index contributed by atoms with van der Waals surface area (Å²) in [6.07, 6.45) is 10.3. The van der Waals surface area contributed by atoms with Crippen LogP contribution >= 0.6 is 0 Å². The molecule has 2 unspecified atom stereocenters. The second-order valence-corrected chi connectivity index (χ2v) is 3.79. The lowest BCUT2D eigenvalue weighted by molar-refractivity contribution is 0.401. The zero-order valence-corrected chi connectivity index (χ0v) is 8.96. The van der Waals surface area contributed by atoms with Gasteiger partial charge in [0.25, 0.3) is 0 Å². The van der Waals surface area contributed by atoms with Crippen LogP contribution in [0.1, 0.15) is 26.7 Å². The minimum Gasteiger partial charge on any atom is -0.296 e. The third-order valence-electron chi connectivity index (χ3n) is 2.72. The van der Waals surface area contributed by atoms with E-state index < -0.39 is 5.54 Å². The van der Waals surface area contributed by atoms with Gasteiger partial charge in [0.1, 0.15) is 5.54 Å². The van der Waals surface area contributed by atoms with Gasteiger partial charge in [0, 0.05) is 5.92 Å². The fourth-order valence-corrected chi connectivity index (χ4v) is 1.61. The normalized spacial score (nSPS) is 30.2. The van der Waals surface area contributed by atoms with Crippen LogP contribution in [-0.2, 0) is 0 Å². The van der Waals surface area contributed by atoms with E-state index in [0.29, 0.717) is 0 Å². The molecule has 2 nitrogen and oxygen atoms in total. The Kier molecular flexibility index (Phi) is 3.91. The van der Waals surface area contributed by atoms with E-state index >= 15 is 0 Å². The molecule has 1 aliphatic carbocycles. The van der Waals surface area contributed by atoms with Crippen molar-refractivity contribution in [2.24, 2.45) is 5.92 Å². The topological polar surface area (TPSA) is 35.8 Å². The van der Waals surface area contributed by atoms with Gasteiger partial charge in [0.2, 0.25) is 0 Å². The molecule has 0 aromatic carbocycles. The number of allylic oxidation sites excluding steroid dienone is 2. The summed E-state index contributed by atoms with van der Waals surface area (Å²) < 4.78 is 0. The standard InChI is InChI=1S/C12H18N2/c1-3-4-9-14-12(10-13)8-6-5-7-11(12)2/h5-8,11,14H,3-4,9H2,1-2H3. The van der Waals surface area contributed by atoms with E-state index in [1.54, 1.807) is 0 Å². The van der Waals surface area contributed by atoms with Crippen LogP contribution in [0.3, 0.4) is 0 Å². The van der Waals surface area contributed by atoms with Crippen molar-refractivity contribution in [1.82, 2.24) is 5.32 Å². The molecule has 0 radical (unpaired) electrons. The Labute approximate surface area is 86.3 Å². The molecular weight excluding hydrogens is 172 g/mol. The molecule has 2 atom stereocenters. The molecule has 14 heavy (non-hydrogen) atoms. The molecule has 0 heterocycles. The SMILES string of the molecule is CCCCNC1(C#N)C=CC=CC1C. The van der Waals surface area contributed by atoms with Crippen molar-refractivity contribution in [3.63, 3.8) is 0 Å².